The number of rotatable bonds is 10. The van der Waals surface area contributed by atoms with Gasteiger partial charge in [-0.05, 0) is 12.8 Å². The van der Waals surface area contributed by atoms with Gasteiger partial charge in [0.2, 0.25) is 0 Å². The monoisotopic (exact) mass is 295 g/mol. The predicted octanol–water partition coefficient (Wildman–Crippen LogP) is 0.157. The van der Waals surface area contributed by atoms with Crippen molar-refractivity contribution in [2.45, 2.75) is 58.3 Å². The SMILES string of the molecule is CCCCCCCCCC[N+](C)(C)CO.[Br-]. The fraction of sp³-hybridized carbons (Fsp3) is 1.00. The van der Waals surface area contributed by atoms with E-state index in [0.29, 0.717) is 0 Å². The fourth-order valence-electron chi connectivity index (χ4n) is 1.74. The van der Waals surface area contributed by atoms with E-state index >= 15 is 0 Å². The number of hydrogen-bond donors (Lipinski definition) is 1. The van der Waals surface area contributed by atoms with Crippen LogP contribution in [0.15, 0.2) is 0 Å². The summed E-state index contributed by atoms with van der Waals surface area (Å²) in [7, 11) is 4.17. The van der Waals surface area contributed by atoms with Crippen LogP contribution in [-0.2, 0) is 0 Å². The van der Waals surface area contributed by atoms with Crippen molar-refractivity contribution in [3.05, 3.63) is 0 Å². The molecule has 100 valence electrons. The van der Waals surface area contributed by atoms with Crippen molar-refractivity contribution >= 4 is 0 Å². The molecule has 2 nitrogen and oxygen atoms in total. The van der Waals surface area contributed by atoms with Gasteiger partial charge in [0.1, 0.15) is 0 Å². The Labute approximate surface area is 112 Å². The molecule has 0 aliphatic rings. The molecule has 16 heavy (non-hydrogen) atoms. The highest BCUT2D eigenvalue weighted by Gasteiger charge is 2.11. The molecule has 0 aliphatic carbocycles. The number of aliphatic hydroxyl groups excluding tert-OH is 1. The molecule has 0 heterocycles. The Hall–Kier alpha value is 0.400. The fourth-order valence-corrected chi connectivity index (χ4v) is 1.74. The second-order valence-electron chi connectivity index (χ2n) is 5.28. The van der Waals surface area contributed by atoms with E-state index in [-0.39, 0.29) is 23.7 Å². The van der Waals surface area contributed by atoms with Crippen molar-refractivity contribution in [2.24, 2.45) is 0 Å². The molecule has 0 amide bonds. The van der Waals surface area contributed by atoms with E-state index in [1.165, 1.54) is 51.4 Å². The summed E-state index contributed by atoms with van der Waals surface area (Å²) in [6.45, 7) is 3.62. The average Bonchev–Trinajstić information content (AvgIpc) is 2.22. The molecule has 0 aromatic rings. The quantitative estimate of drug-likeness (QED) is 0.346. The Kier molecular flexibility index (Phi) is 13.9. The highest BCUT2D eigenvalue weighted by Crippen LogP contribution is 2.09. The van der Waals surface area contributed by atoms with Gasteiger partial charge in [0.05, 0.1) is 20.6 Å². The van der Waals surface area contributed by atoms with Crippen molar-refractivity contribution in [2.75, 3.05) is 27.4 Å². The molecule has 3 heteroatoms. The van der Waals surface area contributed by atoms with Crippen LogP contribution in [0.3, 0.4) is 0 Å². The van der Waals surface area contributed by atoms with Crippen LogP contribution in [0, 0.1) is 0 Å². The lowest BCUT2D eigenvalue weighted by molar-refractivity contribution is -0.909. The van der Waals surface area contributed by atoms with Gasteiger partial charge in [-0.2, -0.15) is 0 Å². The summed E-state index contributed by atoms with van der Waals surface area (Å²) in [6, 6.07) is 0. The number of hydrogen-bond acceptors (Lipinski definition) is 1. The average molecular weight is 296 g/mol. The minimum absolute atomic E-state index is 0. The molecule has 1 N–H and O–H groups in total. The molecular formula is C13H30BrNO. The van der Waals surface area contributed by atoms with Crippen molar-refractivity contribution in [1.29, 1.82) is 0 Å². The van der Waals surface area contributed by atoms with Gasteiger partial charge < -0.3 is 26.6 Å². The zero-order valence-electron chi connectivity index (χ0n) is 11.3. The summed E-state index contributed by atoms with van der Waals surface area (Å²) in [5.74, 6) is 0. The number of aliphatic hydroxyl groups is 1. The Morgan fingerprint density at radius 1 is 0.812 bits per heavy atom. The topological polar surface area (TPSA) is 20.2 Å². The van der Waals surface area contributed by atoms with Crippen molar-refractivity contribution in [3.63, 3.8) is 0 Å². The van der Waals surface area contributed by atoms with E-state index in [0.717, 1.165) is 11.0 Å². The largest absolute Gasteiger partial charge is 1.00 e. The van der Waals surface area contributed by atoms with E-state index < -0.39 is 0 Å². The lowest BCUT2D eigenvalue weighted by Crippen LogP contribution is -3.00. The Balaban J connectivity index is 0. The zero-order valence-corrected chi connectivity index (χ0v) is 12.9. The van der Waals surface area contributed by atoms with Gasteiger partial charge in [0, 0.05) is 0 Å². The smallest absolute Gasteiger partial charge is 0.179 e. The number of nitrogens with zero attached hydrogens (tertiary/aromatic N) is 1. The third-order valence-corrected chi connectivity index (χ3v) is 3.00. The van der Waals surface area contributed by atoms with Crippen LogP contribution in [0.1, 0.15) is 58.3 Å². The number of quaternary nitrogens is 1. The first kappa shape index (κ1) is 18.8. The molecule has 0 aromatic heterocycles. The second kappa shape index (κ2) is 11.9. The Morgan fingerprint density at radius 3 is 1.69 bits per heavy atom. The minimum atomic E-state index is 0. The van der Waals surface area contributed by atoms with Crippen LogP contribution in [0.2, 0.25) is 0 Å². The summed E-state index contributed by atoms with van der Waals surface area (Å²) < 4.78 is 0.746. The van der Waals surface area contributed by atoms with Crippen LogP contribution in [0.5, 0.6) is 0 Å². The molecule has 0 atom stereocenters. The lowest BCUT2D eigenvalue weighted by atomic mass is 10.1. The van der Waals surface area contributed by atoms with Crippen LogP contribution >= 0.6 is 0 Å². The van der Waals surface area contributed by atoms with E-state index in [1.54, 1.807) is 0 Å². The molecule has 0 radical (unpaired) electrons. The normalized spacial score (nSPS) is 11.2. The molecule has 0 saturated heterocycles. The maximum absolute atomic E-state index is 9.07. The maximum Gasteiger partial charge on any atom is 0.179 e. The number of halogens is 1. The van der Waals surface area contributed by atoms with Gasteiger partial charge in [-0.15, -0.1) is 0 Å². The number of unbranched alkanes of at least 4 members (excludes halogenated alkanes) is 7. The first-order valence-corrected chi connectivity index (χ1v) is 6.55. The van der Waals surface area contributed by atoms with E-state index in [4.69, 9.17) is 5.11 Å². The van der Waals surface area contributed by atoms with Crippen molar-refractivity contribution in [1.82, 2.24) is 0 Å². The first-order chi connectivity index (χ1) is 7.12. The van der Waals surface area contributed by atoms with Crippen LogP contribution in [-0.4, -0.2) is 37.0 Å². The maximum atomic E-state index is 9.07. The first-order valence-electron chi connectivity index (χ1n) is 6.55. The third-order valence-electron chi connectivity index (χ3n) is 3.00. The standard InChI is InChI=1S/C13H30NO.BrH/c1-4-5-6-7-8-9-10-11-12-14(2,3)13-15;/h15H,4-13H2,1-3H3;1H/q+1;/p-1. The molecular weight excluding hydrogens is 266 g/mol. The van der Waals surface area contributed by atoms with Crippen LogP contribution < -0.4 is 17.0 Å². The summed E-state index contributed by atoms with van der Waals surface area (Å²) in [4.78, 5) is 0. The van der Waals surface area contributed by atoms with Crippen LogP contribution in [0.4, 0.5) is 0 Å². The van der Waals surface area contributed by atoms with Gasteiger partial charge >= 0.3 is 0 Å². The summed E-state index contributed by atoms with van der Waals surface area (Å²) in [5.41, 5.74) is 0. The van der Waals surface area contributed by atoms with E-state index in [1.807, 2.05) is 0 Å². The molecule has 0 saturated carbocycles. The summed E-state index contributed by atoms with van der Waals surface area (Å²) >= 11 is 0. The van der Waals surface area contributed by atoms with Gasteiger partial charge in [-0.1, -0.05) is 45.4 Å². The van der Waals surface area contributed by atoms with Crippen molar-refractivity contribution in [3.8, 4) is 0 Å². The Morgan fingerprint density at radius 2 is 1.25 bits per heavy atom. The van der Waals surface area contributed by atoms with Crippen molar-refractivity contribution < 1.29 is 26.6 Å². The molecule has 0 aromatic carbocycles. The van der Waals surface area contributed by atoms with E-state index in [2.05, 4.69) is 21.0 Å². The lowest BCUT2D eigenvalue weighted by Gasteiger charge is -2.26. The molecule has 0 unspecified atom stereocenters. The summed E-state index contributed by atoms with van der Waals surface area (Å²) in [5, 5.41) is 9.07. The Bertz CT molecular complexity index is 140. The molecule has 0 fully saturated rings. The molecule has 0 rings (SSSR count). The second-order valence-corrected chi connectivity index (χ2v) is 5.28. The highest BCUT2D eigenvalue weighted by atomic mass is 79.9. The molecule has 0 aliphatic heterocycles. The van der Waals surface area contributed by atoms with Gasteiger partial charge in [0.25, 0.3) is 0 Å². The predicted molar refractivity (Wildman–Crippen MR) is 66.7 cm³/mol. The highest BCUT2D eigenvalue weighted by molar-refractivity contribution is 4.45. The molecule has 0 spiro atoms. The zero-order chi connectivity index (χ0) is 11.6. The van der Waals surface area contributed by atoms with Gasteiger partial charge in [0.15, 0.2) is 6.73 Å². The minimum Gasteiger partial charge on any atom is -1.00 e. The van der Waals surface area contributed by atoms with E-state index in [9.17, 15) is 0 Å². The van der Waals surface area contributed by atoms with Gasteiger partial charge in [-0.25, -0.2) is 0 Å². The van der Waals surface area contributed by atoms with Gasteiger partial charge in [-0.3, -0.25) is 0 Å². The summed E-state index contributed by atoms with van der Waals surface area (Å²) in [6.07, 6.45) is 10.9. The molecule has 0 bridgehead atoms. The van der Waals surface area contributed by atoms with Crippen LogP contribution in [0.25, 0.3) is 0 Å². The third kappa shape index (κ3) is 12.5.